The summed E-state index contributed by atoms with van der Waals surface area (Å²) in [5.41, 5.74) is 0. The van der Waals surface area contributed by atoms with Crippen molar-refractivity contribution in [2.75, 3.05) is 26.4 Å². The maximum absolute atomic E-state index is 11.8. The van der Waals surface area contributed by atoms with Crippen LogP contribution in [0.1, 0.15) is 110 Å². The van der Waals surface area contributed by atoms with Crippen molar-refractivity contribution in [2.45, 2.75) is 116 Å². The van der Waals surface area contributed by atoms with Gasteiger partial charge in [-0.1, -0.05) is 84.5 Å². The van der Waals surface area contributed by atoms with Gasteiger partial charge in [-0.3, -0.25) is 18.6 Å². The van der Waals surface area contributed by atoms with Gasteiger partial charge in [0.15, 0.2) is 0 Å². The van der Waals surface area contributed by atoms with Crippen LogP contribution in [0.25, 0.3) is 0 Å². The molecule has 34 heavy (non-hydrogen) atoms. The lowest BCUT2D eigenvalue weighted by atomic mass is 10.1. The molecule has 0 heterocycles. The van der Waals surface area contributed by atoms with Gasteiger partial charge in [0.25, 0.3) is 0 Å². The lowest BCUT2D eigenvalue weighted by Crippen LogP contribution is -2.27. The summed E-state index contributed by atoms with van der Waals surface area (Å²) < 4.78 is 26.3. The summed E-state index contributed by atoms with van der Waals surface area (Å²) in [6.45, 7) is 3.38. The zero-order valence-electron chi connectivity index (χ0n) is 21.3. The molecule has 0 saturated carbocycles. The molecule has 0 aromatic rings. The third-order valence-electron chi connectivity index (χ3n) is 5.29. The number of aliphatic hydroxyl groups excluding tert-OH is 1. The van der Waals surface area contributed by atoms with Crippen molar-refractivity contribution in [3.05, 3.63) is 0 Å². The molecule has 0 aromatic carbocycles. The SMILES string of the molecule is CCCCCCCCCCC(=O)OCC(O)COP(=O)(O)OCCNC(=O)CCCCCCC. The lowest BCUT2D eigenvalue weighted by Gasteiger charge is -2.15. The first-order chi connectivity index (χ1) is 16.3. The van der Waals surface area contributed by atoms with Gasteiger partial charge in [-0.2, -0.15) is 0 Å². The number of hydrogen-bond acceptors (Lipinski definition) is 7. The maximum atomic E-state index is 11.8. The van der Waals surface area contributed by atoms with Crippen LogP contribution in [0, 0.1) is 0 Å². The largest absolute Gasteiger partial charge is 0.472 e. The van der Waals surface area contributed by atoms with Gasteiger partial charge in [0.1, 0.15) is 12.7 Å². The lowest BCUT2D eigenvalue weighted by molar-refractivity contribution is -0.147. The Morgan fingerprint density at radius 1 is 0.794 bits per heavy atom. The molecule has 0 aromatic heterocycles. The quantitative estimate of drug-likeness (QED) is 0.0938. The molecule has 2 atom stereocenters. The summed E-state index contributed by atoms with van der Waals surface area (Å²) in [7, 11) is -4.38. The molecule has 0 aliphatic rings. The fourth-order valence-corrected chi connectivity index (χ4v) is 4.02. The molecule has 10 heteroatoms. The van der Waals surface area contributed by atoms with E-state index in [-0.39, 0.29) is 32.1 Å². The van der Waals surface area contributed by atoms with Crippen molar-refractivity contribution in [2.24, 2.45) is 0 Å². The molecule has 0 rings (SSSR count). The van der Waals surface area contributed by atoms with E-state index in [0.717, 1.165) is 51.4 Å². The Morgan fingerprint density at radius 2 is 1.32 bits per heavy atom. The summed E-state index contributed by atoms with van der Waals surface area (Å²) >= 11 is 0. The van der Waals surface area contributed by atoms with E-state index in [1.165, 1.54) is 32.1 Å². The molecule has 9 nitrogen and oxygen atoms in total. The van der Waals surface area contributed by atoms with Crippen LogP contribution in [0.2, 0.25) is 0 Å². The molecular formula is C24H48NO8P. The van der Waals surface area contributed by atoms with Crippen LogP contribution in [0.5, 0.6) is 0 Å². The Kier molecular flexibility index (Phi) is 21.8. The number of aliphatic hydroxyl groups is 1. The van der Waals surface area contributed by atoms with Gasteiger partial charge in [0.05, 0.1) is 13.2 Å². The monoisotopic (exact) mass is 509 g/mol. The predicted molar refractivity (Wildman–Crippen MR) is 132 cm³/mol. The molecule has 0 saturated heterocycles. The number of phosphoric acid groups is 1. The highest BCUT2D eigenvalue weighted by Crippen LogP contribution is 2.42. The summed E-state index contributed by atoms with van der Waals surface area (Å²) in [6, 6.07) is 0. The Morgan fingerprint density at radius 3 is 1.91 bits per heavy atom. The van der Waals surface area contributed by atoms with Gasteiger partial charge < -0.3 is 20.1 Å². The van der Waals surface area contributed by atoms with E-state index in [2.05, 4.69) is 19.2 Å². The second kappa shape index (κ2) is 22.5. The number of nitrogens with one attached hydrogen (secondary N) is 1. The Hall–Kier alpha value is -0.990. The predicted octanol–water partition coefficient (Wildman–Crippen LogP) is 5.03. The van der Waals surface area contributed by atoms with Crippen molar-refractivity contribution in [1.82, 2.24) is 5.32 Å². The van der Waals surface area contributed by atoms with Gasteiger partial charge in [-0.25, -0.2) is 4.57 Å². The third kappa shape index (κ3) is 22.8. The number of phosphoric ester groups is 1. The molecular weight excluding hydrogens is 461 g/mol. The molecule has 0 radical (unpaired) electrons. The Labute approximate surface area is 205 Å². The van der Waals surface area contributed by atoms with Crippen molar-refractivity contribution >= 4 is 19.7 Å². The number of carbonyl (C=O) groups is 2. The second-order valence-electron chi connectivity index (χ2n) is 8.67. The van der Waals surface area contributed by atoms with E-state index in [1.807, 2.05) is 0 Å². The third-order valence-corrected chi connectivity index (χ3v) is 6.27. The van der Waals surface area contributed by atoms with E-state index in [4.69, 9.17) is 13.8 Å². The molecule has 0 aliphatic heterocycles. The smallest absolute Gasteiger partial charge is 0.463 e. The molecule has 1 amide bonds. The number of amides is 1. The summed E-state index contributed by atoms with van der Waals surface area (Å²) in [5, 5.41) is 12.4. The first-order valence-corrected chi connectivity index (χ1v) is 14.5. The van der Waals surface area contributed by atoms with Crippen molar-refractivity contribution in [3.8, 4) is 0 Å². The average molecular weight is 510 g/mol. The number of esters is 1. The molecule has 2 unspecified atom stereocenters. The van der Waals surface area contributed by atoms with E-state index >= 15 is 0 Å². The number of hydrogen-bond donors (Lipinski definition) is 3. The topological polar surface area (TPSA) is 131 Å². The van der Waals surface area contributed by atoms with Gasteiger partial charge in [0, 0.05) is 19.4 Å². The molecule has 0 fully saturated rings. The second-order valence-corrected chi connectivity index (χ2v) is 10.1. The molecule has 0 bridgehead atoms. The van der Waals surface area contributed by atoms with Gasteiger partial charge >= 0.3 is 13.8 Å². The minimum absolute atomic E-state index is 0.0839. The van der Waals surface area contributed by atoms with Gasteiger partial charge in [0.2, 0.25) is 5.91 Å². The molecule has 202 valence electrons. The summed E-state index contributed by atoms with van der Waals surface area (Å²) in [6.07, 6.45) is 13.7. The minimum atomic E-state index is -4.38. The summed E-state index contributed by atoms with van der Waals surface area (Å²) in [5.74, 6) is -0.535. The molecule has 0 spiro atoms. The van der Waals surface area contributed by atoms with Crippen LogP contribution in [-0.4, -0.2) is 54.3 Å². The van der Waals surface area contributed by atoms with E-state index < -0.39 is 26.5 Å². The van der Waals surface area contributed by atoms with Crippen LogP contribution in [0.4, 0.5) is 0 Å². The van der Waals surface area contributed by atoms with Gasteiger partial charge in [-0.05, 0) is 12.8 Å². The maximum Gasteiger partial charge on any atom is 0.472 e. The zero-order chi connectivity index (χ0) is 25.5. The highest BCUT2D eigenvalue weighted by atomic mass is 31.2. The average Bonchev–Trinajstić information content (AvgIpc) is 2.81. The molecule has 3 N–H and O–H groups in total. The van der Waals surface area contributed by atoms with Gasteiger partial charge in [-0.15, -0.1) is 0 Å². The fourth-order valence-electron chi connectivity index (χ4n) is 3.26. The first kappa shape index (κ1) is 33.0. The van der Waals surface area contributed by atoms with Crippen LogP contribution < -0.4 is 5.32 Å². The van der Waals surface area contributed by atoms with Crippen LogP contribution in [-0.2, 0) is 27.9 Å². The Bertz CT molecular complexity index is 561. The summed E-state index contributed by atoms with van der Waals surface area (Å²) in [4.78, 5) is 33.1. The first-order valence-electron chi connectivity index (χ1n) is 13.0. The highest BCUT2D eigenvalue weighted by molar-refractivity contribution is 7.47. The Balaban J connectivity index is 3.72. The number of carbonyl (C=O) groups excluding carboxylic acids is 2. The standard InChI is InChI=1S/C24H48NO8P/c1-3-5-7-9-10-11-13-15-17-24(28)31-20-22(26)21-33-34(29,30)32-19-18-25-23(27)16-14-12-8-6-4-2/h22,26H,3-21H2,1-2H3,(H,25,27)(H,29,30). The number of ether oxygens (including phenoxy) is 1. The molecule has 0 aliphatic carbocycles. The van der Waals surface area contributed by atoms with E-state index in [1.54, 1.807) is 0 Å². The minimum Gasteiger partial charge on any atom is -0.463 e. The number of rotatable bonds is 24. The van der Waals surface area contributed by atoms with E-state index in [0.29, 0.717) is 6.42 Å². The zero-order valence-corrected chi connectivity index (χ0v) is 22.2. The van der Waals surface area contributed by atoms with Crippen LogP contribution >= 0.6 is 7.82 Å². The fraction of sp³-hybridized carbons (Fsp3) is 0.917. The van der Waals surface area contributed by atoms with Crippen molar-refractivity contribution in [1.29, 1.82) is 0 Å². The normalized spacial score (nSPS) is 13.9. The van der Waals surface area contributed by atoms with Crippen molar-refractivity contribution < 1.29 is 37.9 Å². The highest BCUT2D eigenvalue weighted by Gasteiger charge is 2.23. The van der Waals surface area contributed by atoms with Crippen molar-refractivity contribution in [3.63, 3.8) is 0 Å². The number of unbranched alkanes of at least 4 members (excludes halogenated alkanes) is 11. The van der Waals surface area contributed by atoms with Crippen LogP contribution in [0.15, 0.2) is 0 Å². The van der Waals surface area contributed by atoms with E-state index in [9.17, 15) is 24.2 Å². The van der Waals surface area contributed by atoms with Crippen LogP contribution in [0.3, 0.4) is 0 Å².